The third kappa shape index (κ3) is 3.71. The van der Waals surface area contributed by atoms with Crippen LogP contribution in [-0.4, -0.2) is 17.4 Å². The largest absolute Gasteiger partial charge is 0.417 e. The number of carbonyl (C=O) groups excluding carboxylic acids is 1. The normalized spacial score (nSPS) is 10.8. The predicted octanol–water partition coefficient (Wildman–Crippen LogP) is 1.97. The fourth-order valence-electron chi connectivity index (χ4n) is 1.93. The highest BCUT2D eigenvalue weighted by atomic mass is 16.4. The number of unbranched alkanes of at least 4 members (excludes halogenated alkanes) is 1. The minimum absolute atomic E-state index is 0.0969. The van der Waals surface area contributed by atoms with E-state index in [9.17, 15) is 9.59 Å². The maximum Gasteiger partial charge on any atom is 0.417 e. The number of nitrogens with one attached hydrogen (secondary N) is 2. The second kappa shape index (κ2) is 6.22. The first-order valence-corrected chi connectivity index (χ1v) is 6.57. The molecule has 2 N–H and O–H groups in total. The van der Waals surface area contributed by atoms with Gasteiger partial charge < -0.3 is 9.73 Å². The van der Waals surface area contributed by atoms with E-state index in [1.54, 1.807) is 6.07 Å². The molecular weight excluding hydrogens is 244 g/mol. The molecule has 0 saturated carbocycles. The quantitative estimate of drug-likeness (QED) is 0.835. The Morgan fingerprint density at radius 3 is 3.05 bits per heavy atom. The van der Waals surface area contributed by atoms with Crippen molar-refractivity contribution in [2.75, 3.05) is 6.54 Å². The van der Waals surface area contributed by atoms with Gasteiger partial charge in [-0.1, -0.05) is 19.4 Å². The lowest BCUT2D eigenvalue weighted by molar-refractivity contribution is -0.121. The standard InChI is InChI=1S/C14H18N2O3/c1-2-3-4-13(17)15-8-7-10-5-6-12-11(9-10)16-14(18)19-12/h5-6,9H,2-4,7-8H2,1H3,(H,15,17)(H,16,18). The maximum atomic E-state index is 11.4. The molecule has 0 aliphatic rings. The van der Waals surface area contributed by atoms with Crippen LogP contribution < -0.4 is 11.1 Å². The highest BCUT2D eigenvalue weighted by molar-refractivity contribution is 5.76. The summed E-state index contributed by atoms with van der Waals surface area (Å²) in [6.45, 7) is 2.67. The van der Waals surface area contributed by atoms with Crippen molar-refractivity contribution in [3.63, 3.8) is 0 Å². The van der Waals surface area contributed by atoms with E-state index in [1.165, 1.54) is 0 Å². The van der Waals surface area contributed by atoms with Gasteiger partial charge in [-0.2, -0.15) is 0 Å². The van der Waals surface area contributed by atoms with Crippen molar-refractivity contribution in [3.8, 4) is 0 Å². The number of oxazole rings is 1. The maximum absolute atomic E-state index is 11.4. The summed E-state index contributed by atoms with van der Waals surface area (Å²) in [4.78, 5) is 25.1. The number of amides is 1. The Morgan fingerprint density at radius 1 is 1.42 bits per heavy atom. The van der Waals surface area contributed by atoms with E-state index in [-0.39, 0.29) is 5.91 Å². The van der Waals surface area contributed by atoms with E-state index in [0.29, 0.717) is 24.1 Å². The minimum Gasteiger partial charge on any atom is -0.408 e. The van der Waals surface area contributed by atoms with Crippen molar-refractivity contribution >= 4 is 17.0 Å². The van der Waals surface area contributed by atoms with Crippen molar-refractivity contribution < 1.29 is 9.21 Å². The van der Waals surface area contributed by atoms with Crippen LogP contribution in [0.2, 0.25) is 0 Å². The highest BCUT2D eigenvalue weighted by Crippen LogP contribution is 2.12. The molecule has 2 rings (SSSR count). The zero-order valence-corrected chi connectivity index (χ0v) is 11.0. The Bertz CT molecular complexity index is 612. The zero-order chi connectivity index (χ0) is 13.7. The van der Waals surface area contributed by atoms with Gasteiger partial charge in [-0.3, -0.25) is 9.78 Å². The molecule has 0 unspecified atom stereocenters. The van der Waals surface area contributed by atoms with Crippen LogP contribution in [0.4, 0.5) is 0 Å². The molecule has 5 heteroatoms. The number of aromatic amines is 1. The van der Waals surface area contributed by atoms with Gasteiger partial charge in [0.2, 0.25) is 5.91 Å². The van der Waals surface area contributed by atoms with Gasteiger partial charge in [-0.05, 0) is 30.5 Å². The Balaban J connectivity index is 1.87. The summed E-state index contributed by atoms with van der Waals surface area (Å²) in [5.74, 6) is -0.348. The van der Waals surface area contributed by atoms with Gasteiger partial charge in [0.25, 0.3) is 0 Å². The third-order valence-corrected chi connectivity index (χ3v) is 2.98. The number of hydrogen-bond donors (Lipinski definition) is 2. The minimum atomic E-state index is -0.444. The molecule has 0 atom stereocenters. The van der Waals surface area contributed by atoms with Crippen LogP contribution >= 0.6 is 0 Å². The molecule has 0 bridgehead atoms. The third-order valence-electron chi connectivity index (χ3n) is 2.98. The summed E-state index contributed by atoms with van der Waals surface area (Å²) < 4.78 is 4.93. The highest BCUT2D eigenvalue weighted by Gasteiger charge is 2.03. The molecule has 2 aromatic rings. The first-order valence-electron chi connectivity index (χ1n) is 6.57. The van der Waals surface area contributed by atoms with Gasteiger partial charge in [-0.25, -0.2) is 4.79 Å². The molecule has 5 nitrogen and oxygen atoms in total. The molecule has 0 fully saturated rings. The first kappa shape index (κ1) is 13.4. The Hall–Kier alpha value is -2.04. The van der Waals surface area contributed by atoms with Crippen LogP contribution in [-0.2, 0) is 11.2 Å². The molecule has 0 spiro atoms. The Kier molecular flexibility index (Phi) is 4.39. The van der Waals surface area contributed by atoms with Gasteiger partial charge in [0.1, 0.15) is 0 Å². The molecule has 19 heavy (non-hydrogen) atoms. The number of hydrogen-bond acceptors (Lipinski definition) is 3. The van der Waals surface area contributed by atoms with Crippen LogP contribution in [0.15, 0.2) is 27.4 Å². The average Bonchev–Trinajstić information content (AvgIpc) is 2.75. The van der Waals surface area contributed by atoms with E-state index < -0.39 is 5.76 Å². The fraction of sp³-hybridized carbons (Fsp3) is 0.429. The summed E-state index contributed by atoms with van der Waals surface area (Å²) in [6, 6.07) is 5.54. The second-order valence-corrected chi connectivity index (χ2v) is 4.55. The second-order valence-electron chi connectivity index (χ2n) is 4.55. The van der Waals surface area contributed by atoms with E-state index in [0.717, 1.165) is 24.8 Å². The van der Waals surface area contributed by atoms with Crippen LogP contribution in [0.3, 0.4) is 0 Å². The van der Waals surface area contributed by atoms with Crippen LogP contribution in [0.5, 0.6) is 0 Å². The summed E-state index contributed by atoms with van der Waals surface area (Å²) in [5.41, 5.74) is 2.31. The molecule has 1 heterocycles. The number of aromatic nitrogens is 1. The fourth-order valence-corrected chi connectivity index (χ4v) is 1.93. The smallest absolute Gasteiger partial charge is 0.408 e. The van der Waals surface area contributed by atoms with Gasteiger partial charge in [-0.15, -0.1) is 0 Å². The Labute approximate surface area is 111 Å². The van der Waals surface area contributed by atoms with Crippen molar-refractivity contribution in [2.45, 2.75) is 32.6 Å². The molecule has 0 radical (unpaired) electrons. The molecule has 1 amide bonds. The molecule has 102 valence electrons. The predicted molar refractivity (Wildman–Crippen MR) is 73.1 cm³/mol. The first-order chi connectivity index (χ1) is 9.19. The van der Waals surface area contributed by atoms with E-state index in [1.807, 2.05) is 12.1 Å². The molecule has 0 aliphatic carbocycles. The number of fused-ring (bicyclic) bond motifs is 1. The summed E-state index contributed by atoms with van der Waals surface area (Å²) in [5, 5.41) is 2.88. The molecule has 0 saturated heterocycles. The van der Waals surface area contributed by atoms with Crippen LogP contribution in [0.25, 0.3) is 11.1 Å². The number of rotatable bonds is 6. The summed E-state index contributed by atoms with van der Waals surface area (Å²) in [6.07, 6.45) is 3.28. The molecule has 0 aliphatic heterocycles. The van der Waals surface area contributed by atoms with Crippen molar-refractivity contribution in [1.29, 1.82) is 0 Å². The van der Waals surface area contributed by atoms with Crippen LogP contribution in [0, 0.1) is 0 Å². The average molecular weight is 262 g/mol. The number of benzene rings is 1. The monoisotopic (exact) mass is 262 g/mol. The van der Waals surface area contributed by atoms with Gasteiger partial charge in [0.15, 0.2) is 5.58 Å². The molecule has 1 aromatic carbocycles. The van der Waals surface area contributed by atoms with Crippen molar-refractivity contribution in [1.82, 2.24) is 10.3 Å². The lowest BCUT2D eigenvalue weighted by Crippen LogP contribution is -2.25. The molecule has 1 aromatic heterocycles. The lowest BCUT2D eigenvalue weighted by atomic mass is 10.1. The van der Waals surface area contributed by atoms with E-state index >= 15 is 0 Å². The molecular formula is C14H18N2O3. The van der Waals surface area contributed by atoms with Crippen molar-refractivity contribution in [2.24, 2.45) is 0 Å². The van der Waals surface area contributed by atoms with E-state index in [4.69, 9.17) is 4.42 Å². The summed E-state index contributed by atoms with van der Waals surface area (Å²) >= 11 is 0. The summed E-state index contributed by atoms with van der Waals surface area (Å²) in [7, 11) is 0. The number of H-pyrrole nitrogens is 1. The Morgan fingerprint density at radius 2 is 2.26 bits per heavy atom. The van der Waals surface area contributed by atoms with Crippen molar-refractivity contribution in [3.05, 3.63) is 34.3 Å². The zero-order valence-electron chi connectivity index (χ0n) is 11.0. The number of carbonyl (C=O) groups is 1. The van der Waals surface area contributed by atoms with Gasteiger partial charge >= 0.3 is 5.76 Å². The van der Waals surface area contributed by atoms with Crippen LogP contribution in [0.1, 0.15) is 31.7 Å². The topological polar surface area (TPSA) is 75.1 Å². The SMILES string of the molecule is CCCCC(=O)NCCc1ccc2oc(=O)[nH]c2c1. The lowest BCUT2D eigenvalue weighted by Gasteiger charge is -2.04. The van der Waals surface area contributed by atoms with E-state index in [2.05, 4.69) is 17.2 Å². The van der Waals surface area contributed by atoms with Gasteiger partial charge in [0.05, 0.1) is 5.52 Å². The van der Waals surface area contributed by atoms with Gasteiger partial charge in [0, 0.05) is 13.0 Å².